The Morgan fingerprint density at radius 2 is 1.65 bits per heavy atom. The van der Waals surface area contributed by atoms with Crippen LogP contribution < -0.4 is 10.6 Å². The lowest BCUT2D eigenvalue weighted by Crippen LogP contribution is -2.23. The lowest BCUT2D eigenvalue weighted by molar-refractivity contribution is -0.140. The molecule has 172 valence electrons. The van der Waals surface area contributed by atoms with Crippen LogP contribution in [0.3, 0.4) is 0 Å². The van der Waals surface area contributed by atoms with Gasteiger partial charge in [0, 0.05) is 23.4 Å². The molecular weight excluding hydrogens is 448 g/mol. The minimum Gasteiger partial charge on any atom is -0.348 e. The summed E-state index contributed by atoms with van der Waals surface area (Å²) in [6, 6.07) is 22.3. The van der Waals surface area contributed by atoms with E-state index in [0.717, 1.165) is 11.6 Å². The van der Waals surface area contributed by atoms with E-state index >= 15 is 0 Å². The van der Waals surface area contributed by atoms with Gasteiger partial charge in [-0.05, 0) is 48.0 Å². The maximum Gasteiger partial charge on any atom is 0.419 e. The minimum absolute atomic E-state index is 0.130. The van der Waals surface area contributed by atoms with Crippen LogP contribution in [0.5, 0.6) is 0 Å². The molecule has 0 aliphatic carbocycles. The van der Waals surface area contributed by atoms with Gasteiger partial charge in [-0.15, -0.1) is 10.2 Å². The van der Waals surface area contributed by atoms with Gasteiger partial charge in [-0.2, -0.15) is 13.2 Å². The predicted molar refractivity (Wildman–Crippen MR) is 120 cm³/mol. The van der Waals surface area contributed by atoms with Gasteiger partial charge in [-0.25, -0.2) is 4.39 Å². The predicted octanol–water partition coefficient (Wildman–Crippen LogP) is 5.98. The first kappa shape index (κ1) is 22.9. The second kappa shape index (κ2) is 9.70. The van der Waals surface area contributed by atoms with Gasteiger partial charge in [0.05, 0.1) is 11.3 Å². The maximum absolute atomic E-state index is 13.4. The summed E-state index contributed by atoms with van der Waals surface area (Å²) in [7, 11) is 0. The third-order valence-electron chi connectivity index (χ3n) is 4.92. The molecule has 0 unspecified atom stereocenters. The Balaban J connectivity index is 1.41. The van der Waals surface area contributed by atoms with Crippen LogP contribution in [0.2, 0.25) is 0 Å². The second-order valence-electron chi connectivity index (χ2n) is 7.37. The summed E-state index contributed by atoms with van der Waals surface area (Å²) in [5.41, 5.74) is 1.28. The van der Waals surface area contributed by atoms with E-state index in [-0.39, 0.29) is 17.7 Å². The number of carbonyl (C=O) groups is 1. The normalized spacial score (nSPS) is 11.2. The van der Waals surface area contributed by atoms with E-state index in [1.165, 1.54) is 6.07 Å². The van der Waals surface area contributed by atoms with E-state index in [9.17, 15) is 22.4 Å². The molecule has 34 heavy (non-hydrogen) atoms. The Labute approximate surface area is 192 Å². The number of halogens is 4. The lowest BCUT2D eigenvalue weighted by Gasteiger charge is -2.11. The molecule has 3 aromatic carbocycles. The highest BCUT2D eigenvalue weighted by atomic mass is 19.4. The van der Waals surface area contributed by atoms with Gasteiger partial charge >= 0.3 is 6.18 Å². The van der Waals surface area contributed by atoms with E-state index in [1.54, 1.807) is 30.3 Å². The van der Waals surface area contributed by atoms with E-state index in [2.05, 4.69) is 20.8 Å². The van der Waals surface area contributed by atoms with Crippen LogP contribution in [0.25, 0.3) is 11.3 Å². The largest absolute Gasteiger partial charge is 0.419 e. The first-order valence-corrected chi connectivity index (χ1v) is 10.2. The molecule has 4 aromatic rings. The van der Waals surface area contributed by atoms with E-state index in [1.807, 2.05) is 36.4 Å². The molecule has 1 aromatic heterocycles. The van der Waals surface area contributed by atoms with E-state index < -0.39 is 23.5 Å². The molecule has 0 spiro atoms. The van der Waals surface area contributed by atoms with Crippen LogP contribution in [-0.2, 0) is 12.7 Å². The molecule has 0 atom stereocenters. The summed E-state index contributed by atoms with van der Waals surface area (Å²) in [6.07, 6.45) is -4.81. The van der Waals surface area contributed by atoms with E-state index in [0.29, 0.717) is 23.3 Å². The third kappa shape index (κ3) is 5.55. The number of nitrogens with zero attached hydrogens (tertiary/aromatic N) is 2. The molecule has 2 N–H and O–H groups in total. The van der Waals surface area contributed by atoms with Gasteiger partial charge in [0.1, 0.15) is 5.82 Å². The van der Waals surface area contributed by atoms with Crippen molar-refractivity contribution in [3.8, 4) is 11.3 Å². The van der Waals surface area contributed by atoms with Crippen molar-refractivity contribution in [2.45, 2.75) is 12.7 Å². The van der Waals surface area contributed by atoms with Crippen LogP contribution in [0.4, 0.5) is 29.1 Å². The fraction of sp³-hybridized carbons (Fsp3) is 0.0800. The second-order valence-corrected chi connectivity index (χ2v) is 7.37. The highest BCUT2D eigenvalue weighted by molar-refractivity contribution is 5.95. The Morgan fingerprint density at radius 3 is 2.35 bits per heavy atom. The van der Waals surface area contributed by atoms with Crippen molar-refractivity contribution in [1.82, 2.24) is 15.5 Å². The summed E-state index contributed by atoms with van der Waals surface area (Å²) >= 11 is 0. The average Bonchev–Trinajstić information content (AvgIpc) is 2.84. The monoisotopic (exact) mass is 466 g/mol. The number of nitrogens with one attached hydrogen (secondary N) is 2. The molecule has 5 nitrogen and oxygen atoms in total. The Bertz CT molecular complexity index is 1290. The van der Waals surface area contributed by atoms with Crippen molar-refractivity contribution in [3.05, 3.63) is 107 Å². The molecule has 1 heterocycles. The molecule has 0 aliphatic heterocycles. The summed E-state index contributed by atoms with van der Waals surface area (Å²) in [6.45, 7) is -0.188. The Morgan fingerprint density at radius 1 is 0.853 bits per heavy atom. The standard InChI is InChI=1S/C25H18F4N4O/c26-21-10-9-16(13-20(21)25(27,28)29)15-30-24(34)18-7-4-8-19(14-18)31-23-12-11-22(32-33-23)17-5-2-1-3-6-17/h1-14H,15H2,(H,30,34)(H,31,33). The average molecular weight is 466 g/mol. The molecule has 4 rings (SSSR count). The zero-order chi connectivity index (χ0) is 24.1. The summed E-state index contributed by atoms with van der Waals surface area (Å²) in [4.78, 5) is 12.5. The topological polar surface area (TPSA) is 66.9 Å². The molecule has 0 saturated heterocycles. The van der Waals surface area contributed by atoms with Crippen molar-refractivity contribution in [1.29, 1.82) is 0 Å². The van der Waals surface area contributed by atoms with E-state index in [4.69, 9.17) is 0 Å². The fourth-order valence-corrected chi connectivity index (χ4v) is 3.23. The van der Waals surface area contributed by atoms with Gasteiger partial charge in [0.15, 0.2) is 5.82 Å². The number of rotatable bonds is 6. The number of benzene rings is 3. The first-order chi connectivity index (χ1) is 16.3. The number of amides is 1. The summed E-state index contributed by atoms with van der Waals surface area (Å²) in [5, 5.41) is 14.0. The highest BCUT2D eigenvalue weighted by Crippen LogP contribution is 2.32. The zero-order valence-electron chi connectivity index (χ0n) is 17.6. The van der Waals surface area contributed by atoms with Gasteiger partial charge < -0.3 is 10.6 Å². The fourth-order valence-electron chi connectivity index (χ4n) is 3.23. The zero-order valence-corrected chi connectivity index (χ0v) is 17.6. The molecular formula is C25H18F4N4O. The first-order valence-electron chi connectivity index (χ1n) is 10.2. The van der Waals surface area contributed by atoms with Crippen molar-refractivity contribution < 1.29 is 22.4 Å². The van der Waals surface area contributed by atoms with Crippen molar-refractivity contribution in [2.24, 2.45) is 0 Å². The van der Waals surface area contributed by atoms with Crippen molar-refractivity contribution in [2.75, 3.05) is 5.32 Å². The Hall–Kier alpha value is -4.27. The number of aromatic nitrogens is 2. The summed E-state index contributed by atoms with van der Waals surface area (Å²) < 4.78 is 52.1. The number of anilines is 2. The maximum atomic E-state index is 13.4. The van der Waals surface area contributed by atoms with Crippen molar-refractivity contribution in [3.63, 3.8) is 0 Å². The molecule has 0 saturated carbocycles. The van der Waals surface area contributed by atoms with Crippen LogP contribution in [0.1, 0.15) is 21.5 Å². The number of carbonyl (C=O) groups excluding carboxylic acids is 1. The molecule has 0 fully saturated rings. The molecule has 0 radical (unpaired) electrons. The van der Waals surface area contributed by atoms with Gasteiger partial charge in [0.25, 0.3) is 5.91 Å². The molecule has 9 heteroatoms. The van der Waals surface area contributed by atoms with Crippen LogP contribution in [0, 0.1) is 5.82 Å². The molecule has 1 amide bonds. The molecule has 0 bridgehead atoms. The SMILES string of the molecule is O=C(NCc1ccc(F)c(C(F)(F)F)c1)c1cccc(Nc2ccc(-c3ccccc3)nn2)c1. The lowest BCUT2D eigenvalue weighted by atomic mass is 10.1. The van der Waals surface area contributed by atoms with Crippen LogP contribution in [-0.4, -0.2) is 16.1 Å². The van der Waals surface area contributed by atoms with Crippen molar-refractivity contribution >= 4 is 17.4 Å². The van der Waals surface area contributed by atoms with Crippen LogP contribution >= 0.6 is 0 Å². The van der Waals surface area contributed by atoms with Gasteiger partial charge in [0.2, 0.25) is 0 Å². The highest BCUT2D eigenvalue weighted by Gasteiger charge is 2.34. The van der Waals surface area contributed by atoms with Crippen LogP contribution in [0.15, 0.2) is 84.9 Å². The van der Waals surface area contributed by atoms with Gasteiger partial charge in [-0.1, -0.05) is 42.5 Å². The number of hydrogen-bond donors (Lipinski definition) is 2. The number of hydrogen-bond acceptors (Lipinski definition) is 4. The quantitative estimate of drug-likeness (QED) is 0.344. The van der Waals surface area contributed by atoms with Gasteiger partial charge in [-0.3, -0.25) is 4.79 Å². The molecule has 0 aliphatic rings. The summed E-state index contributed by atoms with van der Waals surface area (Å²) in [5.74, 6) is -1.38. The smallest absolute Gasteiger partial charge is 0.348 e. The minimum atomic E-state index is -4.81. The Kier molecular flexibility index (Phi) is 6.53. The number of alkyl halides is 3. The third-order valence-corrected chi connectivity index (χ3v) is 4.92.